The molecule has 0 saturated carbocycles. The first kappa shape index (κ1) is 11.7. The van der Waals surface area contributed by atoms with E-state index >= 15 is 0 Å². The van der Waals surface area contributed by atoms with Crippen LogP contribution in [0.5, 0.6) is 0 Å². The highest BCUT2D eigenvalue weighted by atomic mass is 15.1. The molecule has 1 heterocycles. The number of piperidine rings is 1. The minimum atomic E-state index is 0.386. The van der Waals surface area contributed by atoms with Gasteiger partial charge in [-0.15, -0.1) is 0 Å². The van der Waals surface area contributed by atoms with Gasteiger partial charge in [0.1, 0.15) is 0 Å². The van der Waals surface area contributed by atoms with E-state index in [9.17, 15) is 0 Å². The molecule has 0 bridgehead atoms. The van der Waals surface area contributed by atoms with Gasteiger partial charge in [0.15, 0.2) is 0 Å². The predicted molar refractivity (Wildman–Crippen MR) is 70.4 cm³/mol. The van der Waals surface area contributed by atoms with Gasteiger partial charge in [-0.3, -0.25) is 0 Å². The van der Waals surface area contributed by atoms with E-state index in [1.54, 1.807) is 0 Å². The van der Waals surface area contributed by atoms with E-state index in [1.807, 2.05) is 0 Å². The Kier molecular flexibility index (Phi) is 3.34. The second kappa shape index (κ2) is 4.58. The normalized spacial score (nSPS) is 29.9. The van der Waals surface area contributed by atoms with Crippen molar-refractivity contribution in [3.63, 3.8) is 0 Å². The Balaban J connectivity index is 2.15. The van der Waals surface area contributed by atoms with E-state index in [-0.39, 0.29) is 0 Å². The summed E-state index contributed by atoms with van der Waals surface area (Å²) in [5.41, 5.74) is 1.90. The fourth-order valence-corrected chi connectivity index (χ4v) is 2.51. The van der Waals surface area contributed by atoms with Gasteiger partial charge in [-0.1, -0.05) is 44.2 Å². The quantitative estimate of drug-likeness (QED) is 0.650. The zero-order chi connectivity index (χ0) is 11.6. The molecular weight excluding hydrogens is 194 g/mol. The maximum absolute atomic E-state index is 2.43. The number of nitrogens with zero attached hydrogens (tertiary/aromatic N) is 1. The van der Waals surface area contributed by atoms with E-state index in [0.717, 1.165) is 0 Å². The van der Waals surface area contributed by atoms with Crippen LogP contribution in [0.25, 0.3) is 0 Å². The second-order valence-electron chi connectivity index (χ2n) is 5.59. The van der Waals surface area contributed by atoms with E-state index in [2.05, 4.69) is 56.2 Å². The summed E-state index contributed by atoms with van der Waals surface area (Å²) >= 11 is 0. The molecule has 1 atom stereocenters. The van der Waals surface area contributed by atoms with Crippen molar-refractivity contribution in [1.82, 2.24) is 4.90 Å². The van der Waals surface area contributed by atoms with E-state index in [0.29, 0.717) is 11.3 Å². The van der Waals surface area contributed by atoms with Crippen LogP contribution in [0.2, 0.25) is 0 Å². The van der Waals surface area contributed by atoms with Crippen molar-refractivity contribution < 1.29 is 0 Å². The van der Waals surface area contributed by atoms with Gasteiger partial charge in [0.2, 0.25) is 0 Å². The highest BCUT2D eigenvalue weighted by Crippen LogP contribution is 2.39. The first-order valence-corrected chi connectivity index (χ1v) is 6.36. The van der Waals surface area contributed by atoms with Crippen LogP contribution in [-0.4, -0.2) is 25.0 Å². The number of likely N-dealkylation sites (tertiary alicyclic amines) is 1. The SMILES string of the molecule is CC1C=CC=C(C2(C)CCN(C)CC2)C=C1. The molecule has 2 rings (SSSR count). The van der Waals surface area contributed by atoms with Crippen molar-refractivity contribution in [2.45, 2.75) is 26.7 Å². The van der Waals surface area contributed by atoms with Crippen LogP contribution in [0.3, 0.4) is 0 Å². The minimum absolute atomic E-state index is 0.386. The third-order valence-corrected chi connectivity index (χ3v) is 4.06. The van der Waals surface area contributed by atoms with Gasteiger partial charge in [-0.25, -0.2) is 0 Å². The molecule has 0 aromatic carbocycles. The van der Waals surface area contributed by atoms with Crippen molar-refractivity contribution in [3.8, 4) is 0 Å². The molecule has 1 aliphatic carbocycles. The molecule has 1 saturated heterocycles. The van der Waals surface area contributed by atoms with Crippen molar-refractivity contribution in [3.05, 3.63) is 36.0 Å². The summed E-state index contributed by atoms with van der Waals surface area (Å²) in [5, 5.41) is 0. The van der Waals surface area contributed by atoms with Crippen LogP contribution in [0.1, 0.15) is 26.7 Å². The maximum atomic E-state index is 2.43. The van der Waals surface area contributed by atoms with Crippen molar-refractivity contribution in [2.24, 2.45) is 11.3 Å². The molecule has 0 aromatic heterocycles. The van der Waals surface area contributed by atoms with Crippen LogP contribution in [-0.2, 0) is 0 Å². The fraction of sp³-hybridized carbons (Fsp3) is 0.600. The molecule has 1 fully saturated rings. The molecule has 0 amide bonds. The summed E-state index contributed by atoms with van der Waals surface area (Å²) in [7, 11) is 2.22. The van der Waals surface area contributed by atoms with Crippen molar-refractivity contribution in [2.75, 3.05) is 20.1 Å². The van der Waals surface area contributed by atoms with Gasteiger partial charge in [0.25, 0.3) is 0 Å². The number of hydrogen-bond acceptors (Lipinski definition) is 1. The minimum Gasteiger partial charge on any atom is -0.306 e. The Labute approximate surface area is 99.5 Å². The summed E-state index contributed by atoms with van der Waals surface area (Å²) in [5.74, 6) is 0.573. The van der Waals surface area contributed by atoms with E-state index < -0.39 is 0 Å². The lowest BCUT2D eigenvalue weighted by Gasteiger charge is -2.39. The lowest BCUT2D eigenvalue weighted by Crippen LogP contribution is -2.37. The summed E-state index contributed by atoms with van der Waals surface area (Å²) in [6.45, 7) is 7.10. The highest BCUT2D eigenvalue weighted by Gasteiger charge is 2.31. The largest absolute Gasteiger partial charge is 0.306 e. The van der Waals surface area contributed by atoms with Crippen molar-refractivity contribution >= 4 is 0 Å². The van der Waals surface area contributed by atoms with E-state index in [1.165, 1.54) is 31.5 Å². The molecule has 1 unspecified atom stereocenters. The molecule has 0 spiro atoms. The Morgan fingerprint density at radius 2 is 1.94 bits per heavy atom. The highest BCUT2D eigenvalue weighted by molar-refractivity contribution is 5.34. The van der Waals surface area contributed by atoms with Crippen LogP contribution < -0.4 is 0 Å². The molecule has 0 aromatic rings. The van der Waals surface area contributed by atoms with Gasteiger partial charge in [0, 0.05) is 0 Å². The molecule has 2 aliphatic rings. The Hall–Kier alpha value is -0.820. The molecule has 0 radical (unpaired) electrons. The molecule has 1 aliphatic heterocycles. The van der Waals surface area contributed by atoms with Crippen LogP contribution in [0, 0.1) is 11.3 Å². The molecule has 88 valence electrons. The van der Waals surface area contributed by atoms with Crippen LogP contribution >= 0.6 is 0 Å². The standard InChI is InChI=1S/C15H23N/c1-13-5-4-6-14(8-7-13)15(2)9-11-16(3)12-10-15/h4-8,13H,9-12H2,1-3H3. The van der Waals surface area contributed by atoms with Gasteiger partial charge in [-0.05, 0) is 49.9 Å². The molecule has 16 heavy (non-hydrogen) atoms. The lowest BCUT2D eigenvalue weighted by molar-refractivity contribution is 0.173. The monoisotopic (exact) mass is 217 g/mol. The number of rotatable bonds is 1. The maximum Gasteiger partial charge on any atom is -0.00134 e. The second-order valence-corrected chi connectivity index (χ2v) is 5.59. The van der Waals surface area contributed by atoms with Crippen molar-refractivity contribution in [1.29, 1.82) is 0 Å². The smallest absolute Gasteiger partial charge is 0.00134 e. The van der Waals surface area contributed by atoms with Gasteiger partial charge in [-0.2, -0.15) is 0 Å². The summed E-state index contributed by atoms with van der Waals surface area (Å²) in [6.07, 6.45) is 14.0. The first-order chi connectivity index (χ1) is 7.60. The fourth-order valence-electron chi connectivity index (χ4n) is 2.51. The topological polar surface area (TPSA) is 3.24 Å². The van der Waals surface area contributed by atoms with Crippen LogP contribution in [0.4, 0.5) is 0 Å². The molecule has 1 heteroatoms. The van der Waals surface area contributed by atoms with Gasteiger partial charge >= 0.3 is 0 Å². The van der Waals surface area contributed by atoms with Gasteiger partial charge < -0.3 is 4.90 Å². The Morgan fingerprint density at radius 1 is 1.25 bits per heavy atom. The third-order valence-electron chi connectivity index (χ3n) is 4.06. The Bertz CT molecular complexity index is 327. The first-order valence-electron chi connectivity index (χ1n) is 6.36. The molecular formula is C15H23N. The molecule has 1 nitrogen and oxygen atoms in total. The summed E-state index contributed by atoms with van der Waals surface area (Å²) in [6, 6.07) is 0. The van der Waals surface area contributed by atoms with Gasteiger partial charge in [0.05, 0.1) is 0 Å². The molecule has 0 N–H and O–H groups in total. The lowest BCUT2D eigenvalue weighted by atomic mass is 9.74. The zero-order valence-corrected chi connectivity index (χ0v) is 10.7. The number of allylic oxidation sites excluding steroid dienone is 6. The Morgan fingerprint density at radius 3 is 2.62 bits per heavy atom. The summed E-state index contributed by atoms with van der Waals surface area (Å²) < 4.78 is 0. The number of hydrogen-bond donors (Lipinski definition) is 0. The van der Waals surface area contributed by atoms with E-state index in [4.69, 9.17) is 0 Å². The summed E-state index contributed by atoms with van der Waals surface area (Å²) in [4.78, 5) is 2.43. The third kappa shape index (κ3) is 2.46. The average molecular weight is 217 g/mol. The zero-order valence-electron chi connectivity index (χ0n) is 10.7. The predicted octanol–water partition coefficient (Wildman–Crippen LogP) is 3.41. The van der Waals surface area contributed by atoms with Crippen LogP contribution in [0.15, 0.2) is 36.0 Å². The average Bonchev–Trinajstić information content (AvgIpc) is 2.48.